The van der Waals surface area contributed by atoms with Gasteiger partial charge >= 0.3 is 0 Å². The first kappa shape index (κ1) is 64.0. The Balaban J connectivity index is 1.78. The Morgan fingerprint density at radius 3 is 0.859 bits per heavy atom. The molecule has 0 spiro atoms. The Bertz CT molecular complexity index is 1670. The molecule has 0 aliphatic rings. The van der Waals surface area contributed by atoms with Gasteiger partial charge in [-0.3, -0.25) is 9.98 Å². The summed E-state index contributed by atoms with van der Waals surface area (Å²) in [6.07, 6.45) is 61.3. The van der Waals surface area contributed by atoms with Crippen LogP contribution in [0, 0.1) is 23.7 Å². The summed E-state index contributed by atoms with van der Waals surface area (Å²) in [5.41, 5.74) is 7.29. The highest BCUT2D eigenvalue weighted by atomic mass is 14.8. The molecule has 0 aromatic heterocycles. The van der Waals surface area contributed by atoms with E-state index in [1.165, 1.54) is 241 Å². The van der Waals surface area contributed by atoms with Crippen molar-refractivity contribution in [1.29, 1.82) is 0 Å². The van der Waals surface area contributed by atoms with Crippen LogP contribution in [-0.4, -0.2) is 11.4 Å². The number of aliphatic imine (C=N–C) groups is 2. The number of hydrogen-bond acceptors (Lipinski definition) is 2. The van der Waals surface area contributed by atoms with Crippen LogP contribution in [-0.2, 0) is 12.8 Å². The molecule has 0 N–H and O–H groups in total. The number of benzene rings is 2. The minimum atomic E-state index is 0.964. The summed E-state index contributed by atoms with van der Waals surface area (Å²) >= 11 is 0. The van der Waals surface area contributed by atoms with Crippen LogP contribution in [0.5, 0.6) is 0 Å². The summed E-state index contributed by atoms with van der Waals surface area (Å²) in [6, 6.07) is 17.7. The van der Waals surface area contributed by atoms with E-state index in [4.69, 9.17) is 9.98 Å². The summed E-state index contributed by atoms with van der Waals surface area (Å²) in [4.78, 5) is 11.0. The van der Waals surface area contributed by atoms with E-state index < -0.39 is 0 Å². The molecule has 0 saturated carbocycles. The molecular formula is C69H114N2. The molecule has 0 bridgehead atoms. The van der Waals surface area contributed by atoms with Gasteiger partial charge in [0, 0.05) is 25.7 Å². The van der Waals surface area contributed by atoms with Crippen LogP contribution in [0.15, 0.2) is 58.5 Å². The largest absolute Gasteiger partial charge is 0.251 e. The molecule has 0 saturated heterocycles. The lowest BCUT2D eigenvalue weighted by Crippen LogP contribution is -2.15. The number of para-hydroxylation sites is 2. The van der Waals surface area contributed by atoms with Crippen molar-refractivity contribution in [3.8, 4) is 23.7 Å². The van der Waals surface area contributed by atoms with Gasteiger partial charge in [0.05, 0.1) is 22.8 Å². The van der Waals surface area contributed by atoms with Crippen LogP contribution in [0.1, 0.15) is 328 Å². The Morgan fingerprint density at radius 1 is 0.282 bits per heavy atom. The Morgan fingerprint density at radius 2 is 0.535 bits per heavy atom. The molecule has 0 atom stereocenters. The first-order chi connectivity index (χ1) is 35.2. The number of nitrogens with zero attached hydrogens (tertiary/aromatic N) is 2. The van der Waals surface area contributed by atoms with Crippen molar-refractivity contribution in [1.82, 2.24) is 0 Å². The van der Waals surface area contributed by atoms with Crippen molar-refractivity contribution in [3.63, 3.8) is 0 Å². The smallest absolute Gasteiger partial charge is 0.0665 e. The number of rotatable bonds is 48. The summed E-state index contributed by atoms with van der Waals surface area (Å²) in [5, 5.41) is 0. The second kappa shape index (κ2) is 50.4. The van der Waals surface area contributed by atoms with Gasteiger partial charge in [0.2, 0.25) is 0 Å². The zero-order chi connectivity index (χ0) is 50.6. The van der Waals surface area contributed by atoms with Crippen molar-refractivity contribution in [2.45, 2.75) is 329 Å². The topological polar surface area (TPSA) is 24.7 Å². The van der Waals surface area contributed by atoms with Gasteiger partial charge in [0.25, 0.3) is 0 Å². The van der Waals surface area contributed by atoms with Crippen LogP contribution in [0.2, 0.25) is 0 Å². The predicted molar refractivity (Wildman–Crippen MR) is 320 cm³/mol. The van der Waals surface area contributed by atoms with E-state index >= 15 is 0 Å². The highest BCUT2D eigenvalue weighted by Gasteiger charge is 2.13. The molecule has 0 aliphatic carbocycles. The molecule has 0 amide bonds. The van der Waals surface area contributed by atoms with Crippen molar-refractivity contribution < 1.29 is 0 Å². The molecule has 0 aliphatic heterocycles. The molecule has 0 fully saturated rings. The Kier molecular flexibility index (Phi) is 45.5. The van der Waals surface area contributed by atoms with Gasteiger partial charge in [-0.25, -0.2) is 0 Å². The second-order valence-corrected chi connectivity index (χ2v) is 21.5. The summed E-state index contributed by atoms with van der Waals surface area (Å²) in [7, 11) is 0. The maximum atomic E-state index is 5.50. The number of hydrogen-bond donors (Lipinski definition) is 0. The van der Waals surface area contributed by atoms with Crippen molar-refractivity contribution in [3.05, 3.63) is 59.7 Å². The third-order valence-corrected chi connectivity index (χ3v) is 14.7. The van der Waals surface area contributed by atoms with Crippen LogP contribution < -0.4 is 0 Å². The van der Waals surface area contributed by atoms with E-state index in [9.17, 15) is 0 Å². The van der Waals surface area contributed by atoms with Gasteiger partial charge in [0.15, 0.2) is 0 Å². The second-order valence-electron chi connectivity index (χ2n) is 21.5. The van der Waals surface area contributed by atoms with Gasteiger partial charge in [-0.1, -0.05) is 276 Å². The highest BCUT2D eigenvalue weighted by molar-refractivity contribution is 6.43. The van der Waals surface area contributed by atoms with E-state index in [2.05, 4.69) is 99.9 Å². The quantitative estimate of drug-likeness (QED) is 0.0359. The molecule has 71 heavy (non-hydrogen) atoms. The first-order valence-corrected chi connectivity index (χ1v) is 31.5. The molecule has 0 heterocycles. The van der Waals surface area contributed by atoms with Crippen LogP contribution in [0.4, 0.5) is 11.4 Å². The van der Waals surface area contributed by atoms with Gasteiger partial charge in [-0.05, 0) is 87.5 Å². The van der Waals surface area contributed by atoms with E-state index in [0.29, 0.717) is 0 Å². The maximum Gasteiger partial charge on any atom is 0.0665 e. The van der Waals surface area contributed by atoms with E-state index in [1.54, 1.807) is 0 Å². The minimum Gasteiger partial charge on any atom is -0.251 e. The van der Waals surface area contributed by atoms with E-state index in [-0.39, 0.29) is 0 Å². The molecule has 0 radical (unpaired) electrons. The molecular weight excluding hydrogens is 857 g/mol. The molecule has 2 aromatic carbocycles. The summed E-state index contributed by atoms with van der Waals surface area (Å²) < 4.78 is 0. The van der Waals surface area contributed by atoms with Gasteiger partial charge in [-0.2, -0.15) is 0 Å². The average molecular weight is 972 g/mol. The average Bonchev–Trinajstić information content (AvgIpc) is 3.39. The molecule has 400 valence electrons. The minimum absolute atomic E-state index is 0.964. The molecule has 2 rings (SSSR count). The predicted octanol–water partition coefficient (Wildman–Crippen LogP) is 23.3. The van der Waals surface area contributed by atoms with Crippen molar-refractivity contribution in [2.75, 3.05) is 0 Å². The molecule has 2 aromatic rings. The van der Waals surface area contributed by atoms with Gasteiger partial charge in [-0.15, -0.1) is 23.7 Å². The SMILES string of the molecule is CCCCCCCCCCCCCCCCCCC#CCCCc1ccccc1N=C(CCCC)C(CCCCC)=Nc1ccccc1CCCC#CCCCCCCCCCCCCCCCCCC. The van der Waals surface area contributed by atoms with E-state index in [1.807, 2.05) is 0 Å². The molecule has 2 nitrogen and oxygen atoms in total. The van der Waals surface area contributed by atoms with Gasteiger partial charge < -0.3 is 0 Å². The van der Waals surface area contributed by atoms with E-state index in [0.717, 1.165) is 94.8 Å². The summed E-state index contributed by atoms with van der Waals surface area (Å²) in [5.74, 6) is 14.0. The molecule has 2 heteroatoms. The fraction of sp³-hybridized carbons (Fsp3) is 0.739. The lowest BCUT2D eigenvalue weighted by Gasteiger charge is -2.14. The van der Waals surface area contributed by atoms with Gasteiger partial charge in [0.1, 0.15) is 0 Å². The van der Waals surface area contributed by atoms with Crippen molar-refractivity contribution in [2.24, 2.45) is 9.98 Å². The normalized spacial score (nSPS) is 11.7. The zero-order valence-corrected chi connectivity index (χ0v) is 47.7. The lowest BCUT2D eigenvalue weighted by atomic mass is 10.0. The first-order valence-electron chi connectivity index (χ1n) is 31.5. The number of unbranched alkanes of at least 4 members (excludes halogenated alkanes) is 37. The standard InChI is InChI=1S/C69H114N2/c1-5-9-13-15-17-19-21-23-25-27-29-31-33-35-37-39-41-43-45-47-50-56-64-58-52-54-61-66(64)70-68(60-12-8-4)69(63-49-11-7-3)71-67-62-55-53-59-65(67)57-51-48-46-44-42-40-38-36-34-32-30-28-26-24-22-20-18-16-14-10-6-2/h52-55,58-59,61-62H,5-42,47-51,56-57,60,63H2,1-4H3. The summed E-state index contributed by atoms with van der Waals surface area (Å²) in [6.45, 7) is 9.20. The van der Waals surface area contributed by atoms with Crippen LogP contribution >= 0.6 is 0 Å². The monoisotopic (exact) mass is 971 g/mol. The Labute approximate surface area is 443 Å². The zero-order valence-electron chi connectivity index (χ0n) is 47.7. The van der Waals surface area contributed by atoms with Crippen LogP contribution in [0.25, 0.3) is 0 Å². The van der Waals surface area contributed by atoms with Crippen molar-refractivity contribution >= 4 is 22.8 Å². The van der Waals surface area contributed by atoms with Crippen LogP contribution in [0.3, 0.4) is 0 Å². The highest BCUT2D eigenvalue weighted by Crippen LogP contribution is 2.26. The third-order valence-electron chi connectivity index (χ3n) is 14.7. The third kappa shape index (κ3) is 38.2. The Hall–Kier alpha value is -3.10. The fourth-order valence-corrected chi connectivity index (χ4v) is 9.98. The number of aryl methyl sites for hydroxylation is 2. The molecule has 0 unspecified atom stereocenters. The fourth-order valence-electron chi connectivity index (χ4n) is 9.98. The maximum absolute atomic E-state index is 5.50. The lowest BCUT2D eigenvalue weighted by molar-refractivity contribution is 0.530.